The monoisotopic (exact) mass is 289 g/mol. The van der Waals surface area contributed by atoms with Crippen LogP contribution in [0.4, 0.5) is 4.39 Å². The molecule has 0 bridgehead atoms. The van der Waals surface area contributed by atoms with Gasteiger partial charge in [0.15, 0.2) is 0 Å². The van der Waals surface area contributed by atoms with Gasteiger partial charge in [-0.2, -0.15) is 0 Å². The second-order valence-electron chi connectivity index (χ2n) is 5.57. The summed E-state index contributed by atoms with van der Waals surface area (Å²) in [5.74, 6) is -0.151. The molecule has 3 rings (SSSR count). The number of fused-ring (bicyclic) bond motifs is 1. The zero-order valence-corrected chi connectivity index (χ0v) is 12.8. The van der Waals surface area contributed by atoms with Crippen molar-refractivity contribution in [3.05, 3.63) is 56.5 Å². The van der Waals surface area contributed by atoms with E-state index in [1.807, 2.05) is 31.4 Å². The normalized spacial score (nSPS) is 15.3. The molecule has 106 valence electrons. The second kappa shape index (κ2) is 5.66. The summed E-state index contributed by atoms with van der Waals surface area (Å²) in [6.07, 6.45) is 4.70. The Kier molecular flexibility index (Phi) is 3.90. The van der Waals surface area contributed by atoms with E-state index < -0.39 is 0 Å². The first-order chi connectivity index (χ1) is 9.67. The maximum Gasteiger partial charge on any atom is 0.123 e. The topological polar surface area (TPSA) is 12.0 Å². The van der Waals surface area contributed by atoms with Gasteiger partial charge in [0.05, 0.1) is 0 Å². The van der Waals surface area contributed by atoms with E-state index in [0.29, 0.717) is 6.04 Å². The lowest BCUT2D eigenvalue weighted by atomic mass is 10.00. The summed E-state index contributed by atoms with van der Waals surface area (Å²) in [6, 6.07) is 7.79. The van der Waals surface area contributed by atoms with Crippen LogP contribution < -0.4 is 5.32 Å². The van der Waals surface area contributed by atoms with Gasteiger partial charge in [-0.15, -0.1) is 11.3 Å². The minimum absolute atomic E-state index is 0.151. The predicted octanol–water partition coefficient (Wildman–Crippen LogP) is 4.19. The van der Waals surface area contributed by atoms with Crippen molar-refractivity contribution in [1.29, 1.82) is 0 Å². The quantitative estimate of drug-likeness (QED) is 0.890. The highest BCUT2D eigenvalue weighted by Crippen LogP contribution is 2.35. The minimum Gasteiger partial charge on any atom is -0.312 e. The Morgan fingerprint density at radius 3 is 2.85 bits per heavy atom. The molecule has 1 aliphatic carbocycles. The predicted molar refractivity (Wildman–Crippen MR) is 83.0 cm³/mol. The Hall–Kier alpha value is -1.19. The van der Waals surface area contributed by atoms with Crippen LogP contribution in [-0.2, 0) is 19.3 Å². The molecule has 0 aliphatic heterocycles. The lowest BCUT2D eigenvalue weighted by Gasteiger charge is -2.16. The Balaban J connectivity index is 1.82. The lowest BCUT2D eigenvalue weighted by molar-refractivity contribution is 0.595. The molecule has 0 saturated heterocycles. The first-order valence-corrected chi connectivity index (χ1v) is 8.03. The number of benzene rings is 1. The third-order valence-corrected chi connectivity index (χ3v) is 5.54. The van der Waals surface area contributed by atoms with E-state index in [1.54, 1.807) is 22.6 Å². The van der Waals surface area contributed by atoms with E-state index >= 15 is 0 Å². The third kappa shape index (κ3) is 2.65. The molecule has 0 spiro atoms. The number of thiophene rings is 1. The molecule has 3 heteroatoms. The fraction of sp³-hybridized carbons (Fsp3) is 0.412. The van der Waals surface area contributed by atoms with Crippen LogP contribution in [0.3, 0.4) is 0 Å². The summed E-state index contributed by atoms with van der Waals surface area (Å²) in [6.45, 7) is 1.99. The van der Waals surface area contributed by atoms with Crippen molar-refractivity contribution in [2.24, 2.45) is 0 Å². The van der Waals surface area contributed by atoms with Crippen molar-refractivity contribution in [3.63, 3.8) is 0 Å². The highest BCUT2D eigenvalue weighted by molar-refractivity contribution is 7.12. The standard InChI is InChI=1S/C17H20FNS/c1-11-8-14(18)7-6-12(11)9-15(19-2)17-10-13-4-3-5-16(13)20-17/h6-8,10,15,19H,3-5,9H2,1-2H3. The molecule has 0 saturated carbocycles. The summed E-state index contributed by atoms with van der Waals surface area (Å²) >= 11 is 1.95. The molecule has 0 amide bonds. The zero-order chi connectivity index (χ0) is 14.1. The van der Waals surface area contributed by atoms with Crippen molar-refractivity contribution in [2.75, 3.05) is 7.05 Å². The van der Waals surface area contributed by atoms with Gasteiger partial charge in [-0.25, -0.2) is 4.39 Å². The van der Waals surface area contributed by atoms with Crippen molar-refractivity contribution in [2.45, 2.75) is 38.6 Å². The molecule has 1 nitrogen and oxygen atoms in total. The molecule has 1 aliphatic rings. The van der Waals surface area contributed by atoms with Crippen molar-refractivity contribution in [1.82, 2.24) is 5.32 Å². The van der Waals surface area contributed by atoms with Crippen LogP contribution in [0.25, 0.3) is 0 Å². The van der Waals surface area contributed by atoms with Crippen molar-refractivity contribution < 1.29 is 4.39 Å². The molecule has 20 heavy (non-hydrogen) atoms. The van der Waals surface area contributed by atoms with Crippen LogP contribution in [0.5, 0.6) is 0 Å². The minimum atomic E-state index is -0.151. The summed E-state index contributed by atoms with van der Waals surface area (Å²) in [7, 11) is 2.01. The van der Waals surface area contributed by atoms with Gasteiger partial charge in [0.1, 0.15) is 5.82 Å². The maximum atomic E-state index is 13.2. The number of halogens is 1. The van der Waals surface area contributed by atoms with Gasteiger partial charge in [0.2, 0.25) is 0 Å². The van der Waals surface area contributed by atoms with Gasteiger partial charge in [0.25, 0.3) is 0 Å². The molecule has 2 aromatic rings. The third-order valence-electron chi connectivity index (χ3n) is 4.19. The Morgan fingerprint density at radius 1 is 1.30 bits per heavy atom. The number of likely N-dealkylation sites (N-methyl/N-ethyl adjacent to an activating group) is 1. The molecule has 1 N–H and O–H groups in total. The van der Waals surface area contributed by atoms with Gasteiger partial charge in [-0.1, -0.05) is 6.07 Å². The van der Waals surface area contributed by atoms with E-state index in [4.69, 9.17) is 0 Å². The zero-order valence-electron chi connectivity index (χ0n) is 12.0. The Morgan fingerprint density at radius 2 is 2.15 bits per heavy atom. The summed E-state index contributed by atoms with van der Waals surface area (Å²) in [5, 5.41) is 3.41. The van der Waals surface area contributed by atoms with Crippen LogP contribution in [-0.4, -0.2) is 7.05 Å². The number of rotatable bonds is 4. The lowest BCUT2D eigenvalue weighted by Crippen LogP contribution is -2.18. The first-order valence-electron chi connectivity index (χ1n) is 7.21. The fourth-order valence-electron chi connectivity index (χ4n) is 2.98. The average Bonchev–Trinajstić information content (AvgIpc) is 2.98. The average molecular weight is 289 g/mol. The van der Waals surface area contributed by atoms with Crippen molar-refractivity contribution >= 4 is 11.3 Å². The van der Waals surface area contributed by atoms with Crippen LogP contribution >= 0.6 is 11.3 Å². The highest BCUT2D eigenvalue weighted by atomic mass is 32.1. The Labute approximate surface area is 123 Å². The van der Waals surface area contributed by atoms with Gasteiger partial charge in [-0.05, 0) is 74.5 Å². The van der Waals surface area contributed by atoms with E-state index in [-0.39, 0.29) is 5.82 Å². The van der Waals surface area contributed by atoms with E-state index in [9.17, 15) is 4.39 Å². The Bertz CT molecular complexity index is 596. The summed E-state index contributed by atoms with van der Waals surface area (Å²) < 4.78 is 13.2. The van der Waals surface area contributed by atoms with E-state index in [2.05, 4.69) is 11.4 Å². The second-order valence-corrected chi connectivity index (χ2v) is 6.74. The molecular weight excluding hydrogens is 269 g/mol. The van der Waals surface area contributed by atoms with Gasteiger partial charge in [0, 0.05) is 15.8 Å². The highest BCUT2D eigenvalue weighted by Gasteiger charge is 2.20. The summed E-state index contributed by atoms with van der Waals surface area (Å²) in [4.78, 5) is 2.98. The van der Waals surface area contributed by atoms with Crippen LogP contribution in [0.15, 0.2) is 24.3 Å². The number of nitrogens with one attached hydrogen (secondary N) is 1. The van der Waals surface area contributed by atoms with E-state index in [1.165, 1.54) is 29.7 Å². The molecule has 0 radical (unpaired) electrons. The fourth-order valence-corrected chi connectivity index (χ4v) is 4.34. The van der Waals surface area contributed by atoms with Gasteiger partial charge >= 0.3 is 0 Å². The molecular formula is C17H20FNS. The van der Waals surface area contributed by atoms with Crippen molar-refractivity contribution in [3.8, 4) is 0 Å². The SMILES string of the molecule is CNC(Cc1ccc(F)cc1C)c1cc2c(s1)CCC2. The van der Waals surface area contributed by atoms with Crippen LogP contribution in [0.2, 0.25) is 0 Å². The summed E-state index contributed by atoms with van der Waals surface area (Å²) in [5.41, 5.74) is 3.80. The van der Waals surface area contributed by atoms with Gasteiger partial charge in [-0.3, -0.25) is 0 Å². The number of aryl methyl sites for hydroxylation is 3. The first kappa shape index (κ1) is 13.8. The smallest absolute Gasteiger partial charge is 0.123 e. The largest absolute Gasteiger partial charge is 0.312 e. The molecule has 0 fully saturated rings. The molecule has 1 aromatic heterocycles. The van der Waals surface area contributed by atoms with Gasteiger partial charge < -0.3 is 5.32 Å². The maximum absolute atomic E-state index is 13.2. The number of hydrogen-bond acceptors (Lipinski definition) is 2. The van der Waals surface area contributed by atoms with Crippen LogP contribution in [0.1, 0.15) is 38.9 Å². The molecule has 1 aromatic carbocycles. The number of hydrogen-bond donors (Lipinski definition) is 1. The molecule has 1 unspecified atom stereocenters. The molecule has 1 heterocycles. The van der Waals surface area contributed by atoms with E-state index in [0.717, 1.165) is 12.0 Å². The van der Waals surface area contributed by atoms with Crippen LogP contribution in [0, 0.1) is 12.7 Å². The molecule has 1 atom stereocenters.